The van der Waals surface area contributed by atoms with Crippen molar-refractivity contribution in [3.63, 3.8) is 0 Å². The van der Waals surface area contributed by atoms with Crippen molar-refractivity contribution in [2.45, 2.75) is 56.7 Å². The molecular weight excluding hydrogens is 634 g/mol. The SMILES string of the molecule is O=C(CCC(=O)N1CCc2c(c3ccccc3n2Cc2ccc(C(=O)NO)cc2)C1)Nc1ccn(C2OC(CO)C(O)C2(F)F)c(=O)n1. The third kappa shape index (κ3) is 6.17. The molecule has 3 unspecified atom stereocenters. The number of aliphatic hydroxyl groups excluding tert-OH is 2. The highest BCUT2D eigenvalue weighted by Gasteiger charge is 2.59. The molecule has 252 valence electrons. The molecular formula is C32H32F2N6O8. The fourth-order valence-corrected chi connectivity index (χ4v) is 6.17. The van der Waals surface area contributed by atoms with Gasteiger partial charge in [-0.05, 0) is 29.8 Å². The van der Waals surface area contributed by atoms with E-state index >= 15 is 0 Å². The second-order valence-corrected chi connectivity index (χ2v) is 11.6. The predicted molar refractivity (Wildman–Crippen MR) is 164 cm³/mol. The van der Waals surface area contributed by atoms with E-state index in [0.29, 0.717) is 36.2 Å². The van der Waals surface area contributed by atoms with Gasteiger partial charge >= 0.3 is 11.6 Å². The average Bonchev–Trinajstić information content (AvgIpc) is 3.52. The Bertz CT molecular complexity index is 1930. The number of hydrogen-bond donors (Lipinski definition) is 5. The van der Waals surface area contributed by atoms with Crippen LogP contribution in [0.1, 0.15) is 46.2 Å². The van der Waals surface area contributed by atoms with Crippen LogP contribution in [0.3, 0.4) is 0 Å². The number of hydroxylamine groups is 1. The lowest BCUT2D eigenvalue weighted by Crippen LogP contribution is -2.41. The molecule has 48 heavy (non-hydrogen) atoms. The van der Waals surface area contributed by atoms with E-state index in [1.54, 1.807) is 22.5 Å². The molecule has 5 N–H and O–H groups in total. The molecule has 4 heterocycles. The van der Waals surface area contributed by atoms with Crippen LogP contribution in [0.25, 0.3) is 10.9 Å². The summed E-state index contributed by atoms with van der Waals surface area (Å²) < 4.78 is 36.5. The van der Waals surface area contributed by atoms with Crippen LogP contribution in [0, 0.1) is 0 Å². The Morgan fingerprint density at radius 3 is 2.50 bits per heavy atom. The molecule has 14 nitrogen and oxygen atoms in total. The van der Waals surface area contributed by atoms with Crippen LogP contribution in [-0.2, 0) is 33.8 Å². The van der Waals surface area contributed by atoms with Crippen LogP contribution < -0.4 is 16.5 Å². The van der Waals surface area contributed by atoms with Crippen molar-refractivity contribution < 1.29 is 43.3 Å². The number of para-hydroxylation sites is 1. The summed E-state index contributed by atoms with van der Waals surface area (Å²) in [6, 6.07) is 15.9. The first-order valence-electron chi connectivity index (χ1n) is 15.1. The average molecular weight is 667 g/mol. The smallest absolute Gasteiger partial charge is 0.351 e. The van der Waals surface area contributed by atoms with Gasteiger partial charge in [-0.3, -0.25) is 24.2 Å². The van der Waals surface area contributed by atoms with Crippen molar-refractivity contribution in [1.29, 1.82) is 0 Å². The van der Waals surface area contributed by atoms with E-state index in [2.05, 4.69) is 14.9 Å². The van der Waals surface area contributed by atoms with Gasteiger partial charge in [0.2, 0.25) is 18.0 Å². The van der Waals surface area contributed by atoms with E-state index in [1.165, 1.54) is 0 Å². The first kappa shape index (κ1) is 32.9. The number of aromatic nitrogens is 3. The number of anilines is 1. The number of alkyl halides is 2. The zero-order chi connectivity index (χ0) is 34.2. The van der Waals surface area contributed by atoms with E-state index in [1.807, 2.05) is 36.4 Å². The number of nitrogens with zero attached hydrogens (tertiary/aromatic N) is 4. The molecule has 2 aromatic heterocycles. The van der Waals surface area contributed by atoms with Gasteiger partial charge in [-0.15, -0.1) is 0 Å². The number of carbonyl (C=O) groups excluding carboxylic acids is 3. The highest BCUT2D eigenvalue weighted by Crippen LogP contribution is 2.42. The fourth-order valence-electron chi connectivity index (χ4n) is 6.17. The topological polar surface area (TPSA) is 188 Å². The number of carbonyl (C=O) groups is 3. The van der Waals surface area contributed by atoms with Crippen molar-refractivity contribution in [2.75, 3.05) is 18.5 Å². The van der Waals surface area contributed by atoms with Crippen molar-refractivity contribution >= 4 is 34.4 Å². The number of amides is 3. The van der Waals surface area contributed by atoms with Crippen molar-refractivity contribution in [1.82, 2.24) is 24.5 Å². The molecule has 2 aromatic carbocycles. The number of halogens is 2. The number of benzene rings is 2. The summed E-state index contributed by atoms with van der Waals surface area (Å²) in [6.07, 6.45) is -4.93. The second kappa shape index (κ2) is 13.2. The van der Waals surface area contributed by atoms with Gasteiger partial charge in [-0.25, -0.2) is 10.3 Å². The Balaban J connectivity index is 1.08. The molecule has 4 aromatic rings. The molecule has 1 saturated heterocycles. The maximum Gasteiger partial charge on any atom is 0.351 e. The van der Waals surface area contributed by atoms with E-state index in [9.17, 15) is 33.1 Å². The molecule has 0 bridgehead atoms. The monoisotopic (exact) mass is 666 g/mol. The first-order valence-corrected chi connectivity index (χ1v) is 15.1. The summed E-state index contributed by atoms with van der Waals surface area (Å²) >= 11 is 0. The van der Waals surface area contributed by atoms with Crippen molar-refractivity contribution in [3.8, 4) is 0 Å². The predicted octanol–water partition coefficient (Wildman–Crippen LogP) is 1.55. The minimum Gasteiger partial charge on any atom is -0.394 e. The minimum absolute atomic E-state index is 0.118. The van der Waals surface area contributed by atoms with Crippen LogP contribution in [0.15, 0.2) is 65.6 Å². The molecule has 1 fully saturated rings. The van der Waals surface area contributed by atoms with Crippen LogP contribution in [0.4, 0.5) is 14.6 Å². The van der Waals surface area contributed by atoms with Gasteiger partial charge in [0.25, 0.3) is 5.91 Å². The Morgan fingerprint density at radius 1 is 1.06 bits per heavy atom. The zero-order valence-electron chi connectivity index (χ0n) is 25.4. The molecule has 0 spiro atoms. The lowest BCUT2D eigenvalue weighted by atomic mass is 10.0. The Labute approximate surface area is 271 Å². The molecule has 3 amide bonds. The molecule has 16 heteroatoms. The number of aliphatic hydroxyl groups is 2. The number of fused-ring (bicyclic) bond motifs is 3. The summed E-state index contributed by atoms with van der Waals surface area (Å²) in [5.41, 5.74) is 4.80. The Morgan fingerprint density at radius 2 is 1.81 bits per heavy atom. The maximum absolute atomic E-state index is 14.4. The quantitative estimate of drug-likeness (QED) is 0.130. The van der Waals surface area contributed by atoms with E-state index in [0.717, 1.165) is 40.0 Å². The van der Waals surface area contributed by atoms with Gasteiger partial charge in [0.05, 0.1) is 6.61 Å². The number of hydrogen-bond acceptors (Lipinski definition) is 9. The minimum atomic E-state index is -3.87. The highest BCUT2D eigenvalue weighted by atomic mass is 19.3. The molecule has 0 aliphatic carbocycles. The largest absolute Gasteiger partial charge is 0.394 e. The summed E-state index contributed by atoms with van der Waals surface area (Å²) in [5.74, 6) is -5.54. The standard InChI is InChI=1S/C32H32F2N6O8/c33-32(34)28(44)24(17-41)48-30(32)39-14-12-25(36-31(39)46)35-26(42)9-10-27(43)38-13-11-23-21(16-38)20-3-1-2-4-22(20)40(23)15-18-5-7-19(8-6-18)29(45)37-47/h1-8,12,14,24,28,30,41,44,47H,9-11,13,15-17H2,(H,37,45)(H,35,36,42,46). The first-order chi connectivity index (χ1) is 23.0. The maximum atomic E-state index is 14.4. The molecule has 6 rings (SSSR count). The summed E-state index contributed by atoms with van der Waals surface area (Å²) in [4.78, 5) is 55.3. The van der Waals surface area contributed by atoms with E-state index in [-0.39, 0.29) is 24.6 Å². The molecule has 3 atom stereocenters. The summed E-state index contributed by atoms with van der Waals surface area (Å²) in [5, 5.41) is 31.2. The van der Waals surface area contributed by atoms with Crippen LogP contribution in [0.5, 0.6) is 0 Å². The zero-order valence-corrected chi connectivity index (χ0v) is 25.4. The number of ether oxygens (including phenoxy) is 1. The highest BCUT2D eigenvalue weighted by molar-refractivity contribution is 5.94. The van der Waals surface area contributed by atoms with E-state index in [4.69, 9.17) is 15.1 Å². The third-order valence-corrected chi connectivity index (χ3v) is 8.65. The van der Waals surface area contributed by atoms with E-state index < -0.39 is 48.5 Å². The van der Waals surface area contributed by atoms with Crippen LogP contribution in [-0.4, -0.2) is 83.4 Å². The molecule has 0 saturated carbocycles. The fraction of sp³-hybridized carbons (Fsp3) is 0.344. The van der Waals surface area contributed by atoms with Gasteiger partial charge in [0.15, 0.2) is 6.10 Å². The second-order valence-electron chi connectivity index (χ2n) is 11.6. The number of nitrogens with one attached hydrogen (secondary N) is 2. The van der Waals surface area contributed by atoms with Gasteiger partial charge in [0.1, 0.15) is 11.9 Å². The Hall–Kier alpha value is -5.03. The summed E-state index contributed by atoms with van der Waals surface area (Å²) in [7, 11) is 0. The van der Waals surface area contributed by atoms with Gasteiger partial charge in [-0.1, -0.05) is 30.3 Å². The van der Waals surface area contributed by atoms with Crippen LogP contribution in [0.2, 0.25) is 0 Å². The van der Waals surface area contributed by atoms with Crippen LogP contribution >= 0.6 is 0 Å². The van der Waals surface area contributed by atoms with Gasteiger partial charge in [-0.2, -0.15) is 13.8 Å². The molecule has 0 radical (unpaired) electrons. The van der Waals surface area contributed by atoms with Crippen molar-refractivity contribution in [3.05, 3.63) is 93.7 Å². The Kier molecular flexibility index (Phi) is 9.07. The molecule has 2 aliphatic heterocycles. The molecule has 2 aliphatic rings. The normalized spacial score (nSPS) is 20.0. The lowest BCUT2D eigenvalue weighted by molar-refractivity contribution is -0.141. The van der Waals surface area contributed by atoms with Gasteiger partial charge < -0.3 is 29.7 Å². The summed E-state index contributed by atoms with van der Waals surface area (Å²) in [6.45, 7) is 0.428. The lowest BCUT2D eigenvalue weighted by Gasteiger charge is -2.28. The number of rotatable bonds is 9. The van der Waals surface area contributed by atoms with Gasteiger partial charge in [0, 0.05) is 72.8 Å². The van der Waals surface area contributed by atoms with Crippen molar-refractivity contribution in [2.24, 2.45) is 0 Å². The third-order valence-electron chi connectivity index (χ3n) is 8.65.